The van der Waals surface area contributed by atoms with Crippen LogP contribution in [0.15, 0.2) is 30.3 Å². The summed E-state index contributed by atoms with van der Waals surface area (Å²) in [7, 11) is 0. The first-order valence-electron chi connectivity index (χ1n) is 4.68. The second-order valence-corrected chi connectivity index (χ2v) is 4.37. The van der Waals surface area contributed by atoms with Crippen LogP contribution in [0.4, 0.5) is 0 Å². The number of carbonyl (C=O) groups excluding carboxylic acids is 1. The molecule has 0 radical (unpaired) electrons. The minimum absolute atomic E-state index is 0.170. The molecule has 0 N–H and O–H groups in total. The zero-order valence-electron chi connectivity index (χ0n) is 8.03. The van der Waals surface area contributed by atoms with E-state index in [1.54, 1.807) is 0 Å². The third-order valence-electron chi connectivity index (χ3n) is 3.22. The minimum Gasteiger partial charge on any atom is -0.303 e. The van der Waals surface area contributed by atoms with Crippen molar-refractivity contribution in [2.45, 2.75) is 19.8 Å². The molecule has 13 heavy (non-hydrogen) atoms. The van der Waals surface area contributed by atoms with Gasteiger partial charge in [0, 0.05) is 5.92 Å². The summed E-state index contributed by atoms with van der Waals surface area (Å²) in [5.74, 6) is 0.654. The Morgan fingerprint density at radius 2 is 1.85 bits per heavy atom. The molecule has 2 rings (SSSR count). The van der Waals surface area contributed by atoms with E-state index in [4.69, 9.17) is 0 Å². The molecule has 0 spiro atoms. The van der Waals surface area contributed by atoms with Crippen LogP contribution in [0.3, 0.4) is 0 Å². The van der Waals surface area contributed by atoms with Crippen molar-refractivity contribution < 1.29 is 4.79 Å². The molecule has 0 unspecified atom stereocenters. The molecule has 0 heterocycles. The number of benzene rings is 1. The van der Waals surface area contributed by atoms with Gasteiger partial charge >= 0.3 is 0 Å². The quantitative estimate of drug-likeness (QED) is 0.630. The van der Waals surface area contributed by atoms with Gasteiger partial charge in [0.05, 0.1) is 0 Å². The first kappa shape index (κ1) is 8.49. The first-order valence-corrected chi connectivity index (χ1v) is 4.68. The Morgan fingerprint density at radius 3 is 2.31 bits per heavy atom. The minimum atomic E-state index is 0.170. The average molecular weight is 174 g/mol. The smallest absolute Gasteiger partial charge is 0.124 e. The highest BCUT2D eigenvalue weighted by Crippen LogP contribution is 2.63. The van der Waals surface area contributed by atoms with Gasteiger partial charge in [0.25, 0.3) is 0 Å². The average Bonchev–Trinajstić information content (AvgIpc) is 2.69. The van der Waals surface area contributed by atoms with Crippen molar-refractivity contribution in [1.29, 1.82) is 0 Å². The zero-order chi connectivity index (χ0) is 9.47. The van der Waals surface area contributed by atoms with Crippen LogP contribution in [0.5, 0.6) is 0 Å². The van der Waals surface area contributed by atoms with Gasteiger partial charge in [-0.3, -0.25) is 0 Å². The number of carbonyl (C=O) groups is 1. The van der Waals surface area contributed by atoms with Crippen molar-refractivity contribution in [2.24, 2.45) is 11.3 Å². The van der Waals surface area contributed by atoms with E-state index in [2.05, 4.69) is 26.0 Å². The van der Waals surface area contributed by atoms with Crippen LogP contribution < -0.4 is 0 Å². The monoisotopic (exact) mass is 174 g/mol. The summed E-state index contributed by atoms with van der Waals surface area (Å²) in [4.78, 5) is 10.8. The third-order valence-corrected chi connectivity index (χ3v) is 3.22. The lowest BCUT2D eigenvalue weighted by atomic mass is 10.0. The normalized spacial score (nSPS) is 29.7. The first-order chi connectivity index (χ1) is 6.18. The summed E-state index contributed by atoms with van der Waals surface area (Å²) in [6.07, 6.45) is 1.09. The molecule has 0 amide bonds. The summed E-state index contributed by atoms with van der Waals surface area (Å²) < 4.78 is 0. The van der Waals surface area contributed by atoms with Gasteiger partial charge in [-0.1, -0.05) is 44.2 Å². The van der Waals surface area contributed by atoms with E-state index in [9.17, 15) is 4.79 Å². The Kier molecular flexibility index (Phi) is 1.76. The summed E-state index contributed by atoms with van der Waals surface area (Å²) in [6.45, 7) is 4.31. The van der Waals surface area contributed by atoms with E-state index in [1.165, 1.54) is 5.56 Å². The predicted molar refractivity (Wildman–Crippen MR) is 52.5 cm³/mol. The Labute approximate surface area is 78.8 Å². The maximum atomic E-state index is 10.8. The molecule has 0 aliphatic heterocycles. The standard InChI is InChI=1S/C12H14O/c1-12(2)10(8-13)11(12)9-6-4-3-5-7-9/h3-8,10-11H,1-2H3/t10-,11-/m0/s1. The van der Waals surface area contributed by atoms with E-state index in [0.29, 0.717) is 5.92 Å². The van der Waals surface area contributed by atoms with Gasteiger partial charge in [-0.25, -0.2) is 0 Å². The van der Waals surface area contributed by atoms with E-state index in [-0.39, 0.29) is 11.3 Å². The highest BCUT2D eigenvalue weighted by Gasteiger charge is 2.58. The number of rotatable bonds is 2. The molecule has 1 fully saturated rings. The van der Waals surface area contributed by atoms with Crippen LogP contribution in [0.1, 0.15) is 25.3 Å². The zero-order valence-corrected chi connectivity index (χ0v) is 8.03. The molecule has 1 nitrogen and oxygen atoms in total. The summed E-state index contributed by atoms with van der Waals surface area (Å²) in [5.41, 5.74) is 1.47. The van der Waals surface area contributed by atoms with Gasteiger partial charge in [0.2, 0.25) is 0 Å². The SMILES string of the molecule is CC1(C)[C@@H](C=O)[C@@H]1c1ccccc1. The number of hydrogen-bond acceptors (Lipinski definition) is 1. The Hall–Kier alpha value is -1.11. The molecule has 1 heteroatoms. The molecule has 1 aromatic carbocycles. The van der Waals surface area contributed by atoms with Crippen LogP contribution in [0.25, 0.3) is 0 Å². The van der Waals surface area contributed by atoms with Gasteiger partial charge in [-0.05, 0) is 16.9 Å². The fourth-order valence-electron chi connectivity index (χ4n) is 2.23. The Morgan fingerprint density at radius 1 is 1.23 bits per heavy atom. The highest BCUT2D eigenvalue weighted by molar-refractivity contribution is 5.64. The van der Waals surface area contributed by atoms with Crippen LogP contribution in [0.2, 0.25) is 0 Å². The van der Waals surface area contributed by atoms with Gasteiger partial charge in [0.1, 0.15) is 6.29 Å². The lowest BCUT2D eigenvalue weighted by molar-refractivity contribution is -0.109. The van der Waals surface area contributed by atoms with Gasteiger partial charge in [0.15, 0.2) is 0 Å². The fraction of sp³-hybridized carbons (Fsp3) is 0.417. The van der Waals surface area contributed by atoms with Crippen molar-refractivity contribution in [3.63, 3.8) is 0 Å². The Balaban J connectivity index is 2.27. The molecule has 68 valence electrons. The van der Waals surface area contributed by atoms with Crippen molar-refractivity contribution >= 4 is 6.29 Å². The third kappa shape index (κ3) is 1.19. The molecule has 1 aliphatic rings. The lowest BCUT2D eigenvalue weighted by Crippen LogP contribution is -1.90. The summed E-state index contributed by atoms with van der Waals surface area (Å²) in [6, 6.07) is 10.3. The van der Waals surface area contributed by atoms with Crippen molar-refractivity contribution in [2.75, 3.05) is 0 Å². The molecule has 0 bridgehead atoms. The van der Waals surface area contributed by atoms with Crippen molar-refractivity contribution in [3.05, 3.63) is 35.9 Å². The van der Waals surface area contributed by atoms with E-state index in [1.807, 2.05) is 18.2 Å². The summed E-state index contributed by atoms with van der Waals surface area (Å²) >= 11 is 0. The second kappa shape index (κ2) is 2.69. The topological polar surface area (TPSA) is 17.1 Å². The van der Waals surface area contributed by atoms with E-state index < -0.39 is 0 Å². The Bertz CT molecular complexity index is 313. The molecular formula is C12H14O. The van der Waals surface area contributed by atoms with Crippen LogP contribution >= 0.6 is 0 Å². The van der Waals surface area contributed by atoms with Crippen molar-refractivity contribution in [1.82, 2.24) is 0 Å². The maximum absolute atomic E-state index is 10.8. The molecule has 1 aliphatic carbocycles. The second-order valence-electron chi connectivity index (χ2n) is 4.37. The molecule has 1 saturated carbocycles. The molecule has 0 aromatic heterocycles. The van der Waals surface area contributed by atoms with Crippen molar-refractivity contribution in [3.8, 4) is 0 Å². The molecule has 2 atom stereocenters. The van der Waals surface area contributed by atoms with Gasteiger partial charge in [-0.15, -0.1) is 0 Å². The molecule has 0 saturated heterocycles. The number of aldehydes is 1. The highest BCUT2D eigenvalue weighted by atomic mass is 16.1. The van der Waals surface area contributed by atoms with Gasteiger partial charge in [-0.2, -0.15) is 0 Å². The predicted octanol–water partition coefficient (Wildman–Crippen LogP) is 2.63. The lowest BCUT2D eigenvalue weighted by Gasteiger charge is -2.01. The molecule has 1 aromatic rings. The van der Waals surface area contributed by atoms with Crippen LogP contribution in [-0.4, -0.2) is 6.29 Å². The van der Waals surface area contributed by atoms with Crippen LogP contribution in [0, 0.1) is 11.3 Å². The van der Waals surface area contributed by atoms with Gasteiger partial charge < -0.3 is 4.79 Å². The summed E-state index contributed by atoms with van der Waals surface area (Å²) in [5, 5.41) is 0. The van der Waals surface area contributed by atoms with E-state index in [0.717, 1.165) is 6.29 Å². The maximum Gasteiger partial charge on any atom is 0.124 e. The largest absolute Gasteiger partial charge is 0.303 e. The van der Waals surface area contributed by atoms with Crippen LogP contribution in [-0.2, 0) is 4.79 Å². The number of hydrogen-bond donors (Lipinski definition) is 0. The molecular weight excluding hydrogens is 160 g/mol. The fourth-order valence-corrected chi connectivity index (χ4v) is 2.23. The van der Waals surface area contributed by atoms with E-state index >= 15 is 0 Å².